The lowest BCUT2D eigenvalue weighted by Crippen LogP contribution is -2.22. The number of phenolic OH excluding ortho intramolecular Hbond substituents is 1. The summed E-state index contributed by atoms with van der Waals surface area (Å²) in [6.07, 6.45) is 20.1. The fraction of sp³-hybridized carbons (Fsp3) is 0.528. The molecule has 0 unspecified atom stereocenters. The average Bonchev–Trinajstić information content (AvgIpc) is 3.03. The van der Waals surface area contributed by atoms with E-state index in [4.69, 9.17) is 0 Å². The van der Waals surface area contributed by atoms with Crippen LogP contribution in [0.4, 0.5) is 11.4 Å². The number of nitrogens with zero attached hydrogens (tertiary/aromatic N) is 1. The molecule has 0 aromatic heterocycles. The molecule has 1 amide bonds. The number of unbranched alkanes of at least 4 members (excludes halogenated alkanes) is 15. The lowest BCUT2D eigenvalue weighted by atomic mass is 10.0. The molecule has 0 fully saturated rings. The molecular weight excluding hydrogens is 653 g/mol. The Hall–Kier alpha value is -3.19. The number of rotatable bonds is 22. The lowest BCUT2D eigenvalue weighted by molar-refractivity contribution is 0.102. The first kappa shape index (κ1) is 39.3. The van der Waals surface area contributed by atoms with Gasteiger partial charge in [-0.25, -0.2) is 0 Å². The third-order valence-electron chi connectivity index (χ3n) is 8.77. The Morgan fingerprint density at radius 1 is 0.688 bits per heavy atom. The van der Waals surface area contributed by atoms with Crippen LogP contribution in [0.5, 0.6) is 5.75 Å². The SMILES string of the molecule is CCCCCCCCCCCCCCCCCCN(C)c1ccc(S(=O)(=O)O)cc1NC(=O)c1cc(S(=O)(=O)O)c2ccccc2c1O. The van der Waals surface area contributed by atoms with E-state index in [1.165, 1.54) is 114 Å². The lowest BCUT2D eigenvalue weighted by Gasteiger charge is -2.23. The minimum atomic E-state index is -4.76. The van der Waals surface area contributed by atoms with Crippen molar-refractivity contribution in [2.45, 2.75) is 119 Å². The molecule has 0 spiro atoms. The maximum Gasteiger partial charge on any atom is 0.295 e. The third-order valence-corrected chi connectivity index (χ3v) is 10.5. The van der Waals surface area contributed by atoms with Gasteiger partial charge in [-0.3, -0.25) is 13.9 Å². The van der Waals surface area contributed by atoms with E-state index >= 15 is 0 Å². The van der Waals surface area contributed by atoms with Crippen LogP contribution in [0.25, 0.3) is 10.8 Å². The zero-order valence-corrected chi connectivity index (χ0v) is 29.9. The number of carbonyl (C=O) groups excluding carboxylic acids is 1. The van der Waals surface area contributed by atoms with Crippen LogP contribution in [0, 0.1) is 0 Å². The zero-order valence-electron chi connectivity index (χ0n) is 28.3. The van der Waals surface area contributed by atoms with E-state index in [0.717, 1.165) is 31.4 Å². The van der Waals surface area contributed by atoms with Crippen molar-refractivity contribution < 1.29 is 35.8 Å². The summed E-state index contributed by atoms with van der Waals surface area (Å²) in [6.45, 7) is 2.86. The summed E-state index contributed by atoms with van der Waals surface area (Å²) in [5.41, 5.74) is 0.0621. The standard InChI is InChI=1S/C36H52N2O8S2/c1-3-4-5-6-7-8-9-10-11-12-13-14-15-16-17-20-25-38(2)33-24-23-28(47(41,42)43)26-32(33)37-36(40)31-27-34(48(44,45)46)29-21-18-19-22-30(29)35(31)39/h18-19,21-24,26-27,39H,3-17,20,25H2,1-2H3,(H,37,40)(H,41,42,43)(H,44,45,46). The van der Waals surface area contributed by atoms with Crippen molar-refractivity contribution in [2.24, 2.45) is 0 Å². The van der Waals surface area contributed by atoms with Crippen LogP contribution in [0.15, 0.2) is 58.3 Å². The Morgan fingerprint density at radius 3 is 1.69 bits per heavy atom. The van der Waals surface area contributed by atoms with Gasteiger partial charge < -0.3 is 15.3 Å². The van der Waals surface area contributed by atoms with E-state index in [0.29, 0.717) is 12.2 Å². The molecule has 48 heavy (non-hydrogen) atoms. The predicted molar refractivity (Wildman–Crippen MR) is 192 cm³/mol. The Labute approximate surface area is 286 Å². The van der Waals surface area contributed by atoms with E-state index in [2.05, 4.69) is 12.2 Å². The van der Waals surface area contributed by atoms with Gasteiger partial charge in [-0.15, -0.1) is 0 Å². The number of hydrogen-bond acceptors (Lipinski definition) is 7. The second-order valence-corrected chi connectivity index (χ2v) is 15.4. The minimum absolute atomic E-state index is 0.0293. The smallest absolute Gasteiger partial charge is 0.295 e. The highest BCUT2D eigenvalue weighted by Crippen LogP contribution is 2.36. The highest BCUT2D eigenvalue weighted by molar-refractivity contribution is 7.86. The maximum absolute atomic E-state index is 13.4. The molecule has 0 aliphatic carbocycles. The summed E-state index contributed by atoms with van der Waals surface area (Å²) in [5, 5.41) is 13.5. The van der Waals surface area contributed by atoms with E-state index < -0.39 is 47.2 Å². The Balaban J connectivity index is 1.55. The number of nitrogens with one attached hydrogen (secondary N) is 1. The maximum atomic E-state index is 13.4. The molecule has 10 nitrogen and oxygen atoms in total. The largest absolute Gasteiger partial charge is 0.506 e. The van der Waals surface area contributed by atoms with E-state index in [1.807, 2.05) is 4.90 Å². The first-order valence-electron chi connectivity index (χ1n) is 17.2. The molecule has 0 aliphatic rings. The molecule has 0 heterocycles. The molecule has 4 N–H and O–H groups in total. The molecule has 266 valence electrons. The van der Waals surface area contributed by atoms with Crippen LogP contribution in [0.1, 0.15) is 120 Å². The summed E-state index contributed by atoms with van der Waals surface area (Å²) in [7, 11) is -7.57. The van der Waals surface area contributed by atoms with Crippen LogP contribution >= 0.6 is 0 Å². The van der Waals surface area contributed by atoms with E-state index in [9.17, 15) is 35.8 Å². The molecule has 0 radical (unpaired) electrons. The van der Waals surface area contributed by atoms with Gasteiger partial charge in [-0.05, 0) is 30.7 Å². The summed E-state index contributed by atoms with van der Waals surface area (Å²) in [4.78, 5) is 14.3. The predicted octanol–water partition coefficient (Wildman–Crippen LogP) is 8.99. The quantitative estimate of drug-likeness (QED) is 0.0591. The molecule has 3 aromatic carbocycles. The fourth-order valence-corrected chi connectivity index (χ4v) is 7.26. The van der Waals surface area contributed by atoms with Crippen molar-refractivity contribution in [3.05, 3.63) is 54.1 Å². The van der Waals surface area contributed by atoms with Crippen LogP contribution in [-0.4, -0.2) is 50.5 Å². The topological polar surface area (TPSA) is 161 Å². The monoisotopic (exact) mass is 704 g/mol. The average molecular weight is 705 g/mol. The molecule has 3 rings (SSSR count). The van der Waals surface area contributed by atoms with Crippen molar-refractivity contribution in [1.29, 1.82) is 0 Å². The first-order valence-corrected chi connectivity index (χ1v) is 20.1. The second-order valence-electron chi connectivity index (χ2n) is 12.6. The molecule has 0 saturated heterocycles. The summed E-state index contributed by atoms with van der Waals surface area (Å²) >= 11 is 0. The fourth-order valence-electron chi connectivity index (χ4n) is 6.03. The highest BCUT2D eigenvalue weighted by atomic mass is 32.2. The van der Waals surface area contributed by atoms with Crippen LogP contribution in [0.2, 0.25) is 0 Å². The number of amides is 1. The number of anilines is 2. The summed E-state index contributed by atoms with van der Waals surface area (Å²) in [6, 6.07) is 10.5. The highest BCUT2D eigenvalue weighted by Gasteiger charge is 2.24. The minimum Gasteiger partial charge on any atom is -0.506 e. The van der Waals surface area contributed by atoms with Crippen molar-refractivity contribution in [2.75, 3.05) is 23.8 Å². The van der Waals surface area contributed by atoms with Gasteiger partial charge in [0, 0.05) is 24.4 Å². The number of aromatic hydroxyl groups is 1. The van der Waals surface area contributed by atoms with Gasteiger partial charge in [0.25, 0.3) is 26.1 Å². The van der Waals surface area contributed by atoms with Crippen LogP contribution in [0.3, 0.4) is 0 Å². The first-order chi connectivity index (χ1) is 22.8. The van der Waals surface area contributed by atoms with Crippen molar-refractivity contribution >= 4 is 48.3 Å². The van der Waals surface area contributed by atoms with Crippen LogP contribution in [-0.2, 0) is 20.2 Å². The Kier molecular flexibility index (Phi) is 15.6. The van der Waals surface area contributed by atoms with Crippen LogP contribution < -0.4 is 10.2 Å². The van der Waals surface area contributed by atoms with E-state index in [1.54, 1.807) is 13.1 Å². The van der Waals surface area contributed by atoms with E-state index in [-0.39, 0.29) is 16.5 Å². The summed E-state index contributed by atoms with van der Waals surface area (Å²) in [5.74, 6) is -1.45. The van der Waals surface area contributed by atoms with Gasteiger partial charge in [0.05, 0.1) is 21.8 Å². The van der Waals surface area contributed by atoms with Gasteiger partial charge in [-0.2, -0.15) is 16.8 Å². The number of fused-ring (bicyclic) bond motifs is 1. The van der Waals surface area contributed by atoms with Gasteiger partial charge in [-0.1, -0.05) is 128 Å². The van der Waals surface area contributed by atoms with Crippen molar-refractivity contribution in [3.63, 3.8) is 0 Å². The molecule has 12 heteroatoms. The van der Waals surface area contributed by atoms with Gasteiger partial charge in [0.15, 0.2) is 0 Å². The van der Waals surface area contributed by atoms with Gasteiger partial charge in [0.2, 0.25) is 0 Å². The molecule has 0 saturated carbocycles. The van der Waals surface area contributed by atoms with Crippen molar-refractivity contribution in [1.82, 2.24) is 0 Å². The van der Waals surface area contributed by atoms with Crippen molar-refractivity contribution in [3.8, 4) is 5.75 Å². The Bertz CT molecular complexity index is 1710. The molecular formula is C36H52N2O8S2. The van der Waals surface area contributed by atoms with Gasteiger partial charge >= 0.3 is 0 Å². The Morgan fingerprint density at radius 2 is 1.19 bits per heavy atom. The molecule has 0 bridgehead atoms. The second kappa shape index (κ2) is 19.1. The number of phenols is 1. The third kappa shape index (κ3) is 12.0. The normalized spacial score (nSPS) is 12.0. The number of benzene rings is 3. The molecule has 0 atom stereocenters. The summed E-state index contributed by atoms with van der Waals surface area (Å²) < 4.78 is 67.5. The number of hydrogen-bond donors (Lipinski definition) is 4. The molecule has 0 aliphatic heterocycles. The zero-order chi connectivity index (χ0) is 35.2. The number of carbonyl (C=O) groups is 1. The van der Waals surface area contributed by atoms with Gasteiger partial charge in [0.1, 0.15) is 10.6 Å². The molecule has 3 aromatic rings.